The minimum absolute atomic E-state index is 0.319. The number of benzene rings is 1. The average molecular weight is 643 g/mol. The van der Waals surface area contributed by atoms with E-state index in [0.717, 1.165) is 32.2 Å². The van der Waals surface area contributed by atoms with Gasteiger partial charge in [0, 0.05) is 55.3 Å². The number of rotatable bonds is 19. The maximum absolute atomic E-state index is 11.0. The van der Waals surface area contributed by atoms with Gasteiger partial charge in [-0.15, -0.1) is 0 Å². The van der Waals surface area contributed by atoms with Gasteiger partial charge in [-0.25, -0.2) is 17.6 Å². The van der Waals surface area contributed by atoms with Crippen LogP contribution >= 0.6 is 0 Å². The first-order valence-electron chi connectivity index (χ1n) is 17.1. The molecule has 0 amide bonds. The Bertz CT molecular complexity index is 1530. The van der Waals surface area contributed by atoms with Crippen LogP contribution in [-0.2, 0) is 23.2 Å². The molecule has 1 aromatic carbocycles. The number of nitrogens with zero attached hydrogens (tertiary/aromatic N) is 3. The lowest BCUT2D eigenvalue weighted by Gasteiger charge is -2.29. The molecule has 46 heavy (non-hydrogen) atoms. The second-order valence-corrected chi connectivity index (χ2v) is 14.4. The maximum Gasteiger partial charge on any atom is 0.169 e. The smallest absolute Gasteiger partial charge is 0.169 e. The highest BCUT2D eigenvalue weighted by Gasteiger charge is 2.26. The van der Waals surface area contributed by atoms with E-state index >= 15 is 0 Å². The lowest BCUT2D eigenvalue weighted by molar-refractivity contribution is -0.697. The van der Waals surface area contributed by atoms with Crippen LogP contribution in [-0.4, -0.2) is 23.7 Å². The molecule has 0 aliphatic rings. The van der Waals surface area contributed by atoms with Crippen molar-refractivity contribution in [3.05, 3.63) is 126 Å². The predicted molar refractivity (Wildman–Crippen MR) is 183 cm³/mol. The summed E-state index contributed by atoms with van der Waals surface area (Å²) < 4.78 is 37.4. The van der Waals surface area contributed by atoms with Crippen LogP contribution in [0.4, 0.5) is 0 Å². The van der Waals surface area contributed by atoms with Gasteiger partial charge in [0.2, 0.25) is 0 Å². The minimum atomic E-state index is -4.19. The molecule has 0 fully saturated rings. The summed E-state index contributed by atoms with van der Waals surface area (Å²) in [6.45, 7) is 8.42. The molecule has 6 nitrogen and oxygen atoms in total. The fourth-order valence-corrected chi connectivity index (χ4v) is 7.17. The molecule has 3 aromatic heterocycles. The maximum atomic E-state index is 11.0. The Morgan fingerprint density at radius 1 is 0.652 bits per heavy atom. The Hall–Kier alpha value is -3.42. The number of hydrogen-bond acceptors (Lipinski definition) is 4. The molecule has 0 saturated carbocycles. The van der Waals surface area contributed by atoms with Crippen LogP contribution in [0.1, 0.15) is 118 Å². The minimum Gasteiger partial charge on any atom is -0.748 e. The van der Waals surface area contributed by atoms with Crippen LogP contribution in [0.3, 0.4) is 0 Å². The molecule has 0 aliphatic heterocycles. The van der Waals surface area contributed by atoms with Crippen LogP contribution in [0.15, 0.2) is 104 Å². The molecule has 0 radical (unpaired) electrons. The third-order valence-electron chi connectivity index (χ3n) is 9.42. The third-order valence-corrected chi connectivity index (χ3v) is 10.2. The van der Waals surface area contributed by atoms with Crippen LogP contribution in [0.5, 0.6) is 0 Å². The van der Waals surface area contributed by atoms with Crippen molar-refractivity contribution in [1.82, 2.24) is 4.98 Å². The Morgan fingerprint density at radius 3 is 1.74 bits per heavy atom. The molecule has 4 atom stereocenters. The van der Waals surface area contributed by atoms with E-state index in [1.165, 1.54) is 41.5 Å². The SMILES string of the molecule is CCCCC[n+]1ccc(C(CC(CC)c2cc[n+](CCCS(=O)(=O)[O-])cc2)CC(CC(C)c2ccccc2)c2ccncc2)cc1. The van der Waals surface area contributed by atoms with Crippen molar-refractivity contribution < 1.29 is 22.1 Å². The summed E-state index contributed by atoms with van der Waals surface area (Å²) >= 11 is 0. The molecule has 0 bridgehead atoms. The topological polar surface area (TPSA) is 77.8 Å². The third kappa shape index (κ3) is 11.4. The highest BCUT2D eigenvalue weighted by atomic mass is 32.2. The summed E-state index contributed by atoms with van der Waals surface area (Å²) in [6, 6.07) is 24.3. The van der Waals surface area contributed by atoms with Crippen molar-refractivity contribution in [2.45, 2.75) is 109 Å². The Balaban J connectivity index is 1.59. The van der Waals surface area contributed by atoms with Gasteiger partial charge in [-0.1, -0.05) is 57.5 Å². The molecule has 4 rings (SSSR count). The molecule has 0 spiro atoms. The van der Waals surface area contributed by atoms with Crippen LogP contribution < -0.4 is 9.13 Å². The molecule has 0 N–H and O–H groups in total. The monoisotopic (exact) mass is 642 g/mol. The number of pyridine rings is 3. The molecule has 4 unspecified atom stereocenters. The highest BCUT2D eigenvalue weighted by molar-refractivity contribution is 7.85. The van der Waals surface area contributed by atoms with Gasteiger partial charge in [0.1, 0.15) is 13.1 Å². The molecular weight excluding hydrogens is 591 g/mol. The first kappa shape index (κ1) is 35.4. The first-order valence-corrected chi connectivity index (χ1v) is 18.7. The number of aryl methyl sites for hydroxylation is 2. The van der Waals surface area contributed by atoms with Crippen LogP contribution in [0, 0.1) is 0 Å². The van der Waals surface area contributed by atoms with Crippen molar-refractivity contribution in [3.8, 4) is 0 Å². The summed E-state index contributed by atoms with van der Waals surface area (Å²) in [7, 11) is -4.19. The van der Waals surface area contributed by atoms with Gasteiger partial charge in [-0.3, -0.25) is 4.98 Å². The van der Waals surface area contributed by atoms with Gasteiger partial charge in [0.05, 0.1) is 10.1 Å². The number of hydrogen-bond donors (Lipinski definition) is 0. The quantitative estimate of drug-likeness (QED) is 0.0594. The zero-order valence-electron chi connectivity index (χ0n) is 27.9. The van der Waals surface area contributed by atoms with E-state index < -0.39 is 10.1 Å². The van der Waals surface area contributed by atoms with E-state index in [-0.39, 0.29) is 5.75 Å². The zero-order valence-corrected chi connectivity index (χ0v) is 28.7. The Kier molecular flexibility index (Phi) is 13.9. The average Bonchev–Trinajstić information content (AvgIpc) is 3.07. The summed E-state index contributed by atoms with van der Waals surface area (Å²) in [4.78, 5) is 4.33. The number of unbranched alkanes of at least 4 members (excludes halogenated alkanes) is 2. The second-order valence-electron chi connectivity index (χ2n) is 12.9. The van der Waals surface area contributed by atoms with E-state index in [1.807, 2.05) is 29.4 Å². The Labute approximate surface area is 277 Å². The van der Waals surface area contributed by atoms with Gasteiger partial charge in [-0.2, -0.15) is 0 Å². The summed E-state index contributed by atoms with van der Waals surface area (Å²) in [5.41, 5.74) is 5.41. The lowest BCUT2D eigenvalue weighted by Crippen LogP contribution is -2.33. The van der Waals surface area contributed by atoms with Crippen molar-refractivity contribution in [3.63, 3.8) is 0 Å². The van der Waals surface area contributed by atoms with E-state index in [2.05, 4.69) is 109 Å². The number of aromatic nitrogens is 3. The fourth-order valence-electron chi connectivity index (χ4n) is 6.69. The van der Waals surface area contributed by atoms with Gasteiger partial charge >= 0.3 is 0 Å². The Morgan fingerprint density at radius 2 is 1.17 bits per heavy atom. The van der Waals surface area contributed by atoms with Crippen LogP contribution in [0.25, 0.3) is 0 Å². The lowest BCUT2D eigenvalue weighted by atomic mass is 9.75. The second kappa shape index (κ2) is 18.1. The van der Waals surface area contributed by atoms with Crippen molar-refractivity contribution in [2.24, 2.45) is 0 Å². The van der Waals surface area contributed by atoms with E-state index in [9.17, 15) is 13.0 Å². The van der Waals surface area contributed by atoms with Gasteiger partial charge in [-0.05, 0) is 90.2 Å². The van der Waals surface area contributed by atoms with E-state index in [4.69, 9.17) is 0 Å². The molecule has 246 valence electrons. The predicted octanol–water partition coefficient (Wildman–Crippen LogP) is 7.82. The highest BCUT2D eigenvalue weighted by Crippen LogP contribution is 2.41. The normalized spacial score (nSPS) is 14.4. The van der Waals surface area contributed by atoms with Gasteiger partial charge in [0.15, 0.2) is 24.8 Å². The molecule has 3 heterocycles. The van der Waals surface area contributed by atoms with Crippen molar-refractivity contribution in [2.75, 3.05) is 5.75 Å². The molecule has 4 aromatic rings. The van der Waals surface area contributed by atoms with E-state index in [1.54, 1.807) is 0 Å². The van der Waals surface area contributed by atoms with Gasteiger partial charge in [0.25, 0.3) is 0 Å². The molecule has 0 saturated heterocycles. The summed E-state index contributed by atoms with van der Waals surface area (Å²) in [6.07, 6.45) is 20.6. The largest absolute Gasteiger partial charge is 0.748 e. The van der Waals surface area contributed by atoms with Crippen LogP contribution in [0.2, 0.25) is 0 Å². The zero-order chi connectivity index (χ0) is 32.8. The molecular formula is C39H52N3O3S+. The van der Waals surface area contributed by atoms with Crippen molar-refractivity contribution >= 4 is 10.1 Å². The standard InChI is InChI=1S/C39H52N3O3S/c1-4-6-10-22-41-26-18-37(19-27-41)39(30-33(5-2)36-16-24-42(25-17-36)23-11-28-46(43,44)45)31-38(35-14-20-40-21-15-35)29-32(3)34-12-8-7-9-13-34/h7-9,12-21,24-27,32-33,38-39H,4-6,10-11,22-23,28-31H2,1-3H3/q+1. The first-order chi connectivity index (χ1) is 22.3. The van der Waals surface area contributed by atoms with Gasteiger partial charge < -0.3 is 4.55 Å². The fraction of sp³-hybridized carbons (Fsp3) is 0.462. The molecule has 7 heteroatoms. The molecule has 0 aliphatic carbocycles. The van der Waals surface area contributed by atoms with Crippen molar-refractivity contribution in [1.29, 1.82) is 0 Å². The summed E-state index contributed by atoms with van der Waals surface area (Å²) in [5.74, 6) is 1.22. The summed E-state index contributed by atoms with van der Waals surface area (Å²) in [5, 5.41) is 0. The van der Waals surface area contributed by atoms with E-state index in [0.29, 0.717) is 36.6 Å².